The van der Waals surface area contributed by atoms with Crippen molar-refractivity contribution in [2.45, 2.75) is 70.6 Å². The molecule has 1 aliphatic heterocycles. The topological polar surface area (TPSA) is 39.1 Å². The van der Waals surface area contributed by atoms with Crippen LogP contribution < -0.4 is 5.32 Å². The van der Waals surface area contributed by atoms with E-state index in [2.05, 4.69) is 36.1 Å². The zero-order valence-electron chi connectivity index (χ0n) is 13.1. The van der Waals surface area contributed by atoms with E-state index in [-0.39, 0.29) is 0 Å². The molecule has 3 atom stereocenters. The highest BCUT2D eigenvalue weighted by Crippen LogP contribution is 2.19. The summed E-state index contributed by atoms with van der Waals surface area (Å²) in [5, 5.41) is 8.12. The highest BCUT2D eigenvalue weighted by Gasteiger charge is 2.18. The molecule has 4 nitrogen and oxygen atoms in total. The quantitative estimate of drug-likeness (QED) is 0.795. The monoisotopic (exact) mass is 279 g/mol. The van der Waals surface area contributed by atoms with Gasteiger partial charge in [0.25, 0.3) is 0 Å². The van der Waals surface area contributed by atoms with E-state index in [0.29, 0.717) is 18.2 Å². The summed E-state index contributed by atoms with van der Waals surface area (Å²) in [5.74, 6) is 0. The summed E-state index contributed by atoms with van der Waals surface area (Å²) in [6, 6.07) is 3.14. The molecule has 20 heavy (non-hydrogen) atoms. The van der Waals surface area contributed by atoms with E-state index >= 15 is 0 Å². The molecule has 1 fully saturated rings. The molecular weight excluding hydrogens is 250 g/mol. The number of hydrogen-bond donors (Lipinski definition) is 1. The average Bonchev–Trinajstić information content (AvgIpc) is 3.13. The molecule has 0 spiro atoms. The summed E-state index contributed by atoms with van der Waals surface area (Å²) < 4.78 is 7.79. The minimum atomic E-state index is 0.489. The van der Waals surface area contributed by atoms with Crippen molar-refractivity contribution >= 4 is 0 Å². The van der Waals surface area contributed by atoms with Crippen molar-refractivity contribution in [2.75, 3.05) is 13.7 Å². The normalized spacial score (nSPS) is 22.1. The predicted octanol–water partition coefficient (Wildman–Crippen LogP) is 2.94. The molecule has 1 aromatic rings. The lowest BCUT2D eigenvalue weighted by molar-refractivity contribution is 0.0998. The van der Waals surface area contributed by atoms with Crippen LogP contribution in [0.1, 0.15) is 57.7 Å². The van der Waals surface area contributed by atoms with E-state index in [9.17, 15) is 0 Å². The molecule has 0 amide bonds. The Morgan fingerprint density at radius 3 is 3.05 bits per heavy atom. The third-order valence-electron chi connectivity index (χ3n) is 4.43. The van der Waals surface area contributed by atoms with Gasteiger partial charge in [-0.25, -0.2) is 0 Å². The Morgan fingerprint density at radius 1 is 1.55 bits per heavy atom. The van der Waals surface area contributed by atoms with Crippen LogP contribution in [0.4, 0.5) is 0 Å². The second kappa shape index (κ2) is 7.79. The molecule has 0 radical (unpaired) electrons. The van der Waals surface area contributed by atoms with Gasteiger partial charge in [-0.15, -0.1) is 0 Å². The van der Waals surface area contributed by atoms with E-state index in [4.69, 9.17) is 9.84 Å². The van der Waals surface area contributed by atoms with Crippen LogP contribution in [-0.4, -0.2) is 35.6 Å². The second-order valence-corrected chi connectivity index (χ2v) is 5.95. The van der Waals surface area contributed by atoms with Crippen LogP contribution in [0.2, 0.25) is 0 Å². The maximum Gasteiger partial charge on any atom is 0.0640 e. The Balaban J connectivity index is 1.80. The highest BCUT2D eigenvalue weighted by atomic mass is 16.5. The first-order chi connectivity index (χ1) is 9.72. The van der Waals surface area contributed by atoms with Gasteiger partial charge in [-0.05, 0) is 52.1 Å². The third-order valence-corrected chi connectivity index (χ3v) is 4.43. The SMILES string of the molecule is CCC(C)n1ccc(CC(CCC2CCCO2)NC)n1. The number of rotatable bonds is 8. The second-order valence-electron chi connectivity index (χ2n) is 5.95. The number of nitrogens with zero attached hydrogens (tertiary/aromatic N) is 2. The lowest BCUT2D eigenvalue weighted by Crippen LogP contribution is -2.29. The molecule has 114 valence electrons. The number of hydrogen-bond acceptors (Lipinski definition) is 3. The predicted molar refractivity (Wildman–Crippen MR) is 82.0 cm³/mol. The van der Waals surface area contributed by atoms with Crippen molar-refractivity contribution < 1.29 is 4.74 Å². The van der Waals surface area contributed by atoms with E-state index in [0.717, 1.165) is 32.3 Å². The number of ether oxygens (including phenoxy) is 1. The van der Waals surface area contributed by atoms with Crippen LogP contribution in [0.3, 0.4) is 0 Å². The Labute approximate surface area is 122 Å². The van der Waals surface area contributed by atoms with Crippen LogP contribution in [0.15, 0.2) is 12.3 Å². The molecular formula is C16H29N3O. The van der Waals surface area contributed by atoms with E-state index in [1.54, 1.807) is 0 Å². The highest BCUT2D eigenvalue weighted by molar-refractivity contribution is 5.02. The fraction of sp³-hybridized carbons (Fsp3) is 0.812. The standard InChI is InChI=1S/C16H29N3O/c1-4-13(2)19-10-9-15(18-19)12-14(17-3)7-8-16-6-5-11-20-16/h9-10,13-14,16-17H,4-8,11-12H2,1-3H3. The summed E-state index contributed by atoms with van der Waals surface area (Å²) in [5.41, 5.74) is 1.19. The molecule has 1 saturated heterocycles. The Hall–Kier alpha value is -0.870. The lowest BCUT2D eigenvalue weighted by Gasteiger charge is -2.17. The summed E-state index contributed by atoms with van der Waals surface area (Å²) >= 11 is 0. The summed E-state index contributed by atoms with van der Waals surface area (Å²) in [6.45, 7) is 5.36. The summed E-state index contributed by atoms with van der Waals surface area (Å²) in [7, 11) is 2.05. The van der Waals surface area contributed by atoms with E-state index < -0.39 is 0 Å². The fourth-order valence-electron chi connectivity index (χ4n) is 2.78. The van der Waals surface area contributed by atoms with Gasteiger partial charge in [0.05, 0.1) is 11.8 Å². The van der Waals surface area contributed by atoms with Crippen molar-refractivity contribution in [1.82, 2.24) is 15.1 Å². The molecule has 0 aliphatic carbocycles. The molecule has 0 saturated carbocycles. The van der Waals surface area contributed by atoms with Gasteiger partial charge in [-0.3, -0.25) is 4.68 Å². The fourth-order valence-corrected chi connectivity index (χ4v) is 2.78. The largest absolute Gasteiger partial charge is 0.378 e. The maximum atomic E-state index is 5.70. The van der Waals surface area contributed by atoms with E-state index in [1.165, 1.54) is 18.5 Å². The molecule has 1 aromatic heterocycles. The van der Waals surface area contributed by atoms with Gasteiger partial charge in [0, 0.05) is 31.3 Å². The van der Waals surface area contributed by atoms with Gasteiger partial charge in [0.1, 0.15) is 0 Å². The van der Waals surface area contributed by atoms with Gasteiger partial charge in [0.15, 0.2) is 0 Å². The van der Waals surface area contributed by atoms with Crippen molar-refractivity contribution in [2.24, 2.45) is 0 Å². The molecule has 1 aliphatic rings. The number of aromatic nitrogens is 2. The Kier molecular flexibility index (Phi) is 6.05. The van der Waals surface area contributed by atoms with Crippen LogP contribution in [-0.2, 0) is 11.2 Å². The van der Waals surface area contributed by atoms with Crippen molar-refractivity contribution in [3.63, 3.8) is 0 Å². The van der Waals surface area contributed by atoms with Crippen molar-refractivity contribution in [3.05, 3.63) is 18.0 Å². The summed E-state index contributed by atoms with van der Waals surface area (Å²) in [6.07, 6.45) is 9.52. The molecule has 4 heteroatoms. The van der Waals surface area contributed by atoms with Crippen LogP contribution >= 0.6 is 0 Å². The van der Waals surface area contributed by atoms with Gasteiger partial charge >= 0.3 is 0 Å². The molecule has 3 unspecified atom stereocenters. The van der Waals surface area contributed by atoms with Crippen LogP contribution in [0, 0.1) is 0 Å². The number of likely N-dealkylation sites (N-methyl/N-ethyl adjacent to an activating group) is 1. The van der Waals surface area contributed by atoms with Gasteiger partial charge in [-0.2, -0.15) is 5.10 Å². The first-order valence-corrected chi connectivity index (χ1v) is 8.05. The summed E-state index contributed by atoms with van der Waals surface area (Å²) in [4.78, 5) is 0. The van der Waals surface area contributed by atoms with Crippen molar-refractivity contribution in [1.29, 1.82) is 0 Å². The average molecular weight is 279 g/mol. The minimum Gasteiger partial charge on any atom is -0.378 e. The van der Waals surface area contributed by atoms with E-state index in [1.807, 2.05) is 7.05 Å². The van der Waals surface area contributed by atoms with Crippen LogP contribution in [0.25, 0.3) is 0 Å². The molecule has 2 heterocycles. The first kappa shape index (κ1) is 15.5. The third kappa shape index (κ3) is 4.32. The Bertz CT molecular complexity index is 385. The van der Waals surface area contributed by atoms with Gasteiger partial charge < -0.3 is 10.1 Å². The van der Waals surface area contributed by atoms with Gasteiger partial charge in [0.2, 0.25) is 0 Å². The maximum absolute atomic E-state index is 5.70. The Morgan fingerprint density at radius 2 is 2.40 bits per heavy atom. The minimum absolute atomic E-state index is 0.489. The molecule has 1 N–H and O–H groups in total. The van der Waals surface area contributed by atoms with Gasteiger partial charge in [-0.1, -0.05) is 6.92 Å². The first-order valence-electron chi connectivity index (χ1n) is 8.05. The number of nitrogens with one attached hydrogen (secondary N) is 1. The molecule has 2 rings (SSSR count). The zero-order valence-corrected chi connectivity index (χ0v) is 13.1. The van der Waals surface area contributed by atoms with Crippen LogP contribution in [0.5, 0.6) is 0 Å². The zero-order chi connectivity index (χ0) is 14.4. The molecule has 0 aromatic carbocycles. The van der Waals surface area contributed by atoms with Crippen molar-refractivity contribution in [3.8, 4) is 0 Å². The smallest absolute Gasteiger partial charge is 0.0640 e. The molecule has 0 bridgehead atoms. The lowest BCUT2D eigenvalue weighted by atomic mass is 10.0.